The zero-order valence-corrected chi connectivity index (χ0v) is 13.0. The monoisotopic (exact) mass is 257 g/mol. The van der Waals surface area contributed by atoms with Gasteiger partial charge in [-0.1, -0.05) is 45.9 Å². The van der Waals surface area contributed by atoms with Gasteiger partial charge in [0.1, 0.15) is 0 Å². The molecule has 1 unspecified atom stereocenters. The predicted octanol–water partition coefficient (Wildman–Crippen LogP) is 4.89. The third-order valence-electron chi connectivity index (χ3n) is 5.61. The van der Waals surface area contributed by atoms with Gasteiger partial charge in [-0.2, -0.15) is 0 Å². The average Bonchev–Trinajstić information content (AvgIpc) is 2.29. The lowest BCUT2D eigenvalue weighted by Gasteiger charge is -2.52. The van der Waals surface area contributed by atoms with Crippen LogP contribution in [0.2, 0.25) is 0 Å². The molecule has 2 aliphatic rings. The third-order valence-corrected chi connectivity index (χ3v) is 5.61. The molecule has 1 heterocycles. The quantitative estimate of drug-likeness (QED) is 0.697. The molecule has 0 radical (unpaired) electrons. The molecule has 0 amide bonds. The number of nitrogens with one attached hydrogen (secondary N) is 1. The molecule has 0 bridgehead atoms. The van der Waals surface area contributed by atoms with Gasteiger partial charge in [0.2, 0.25) is 0 Å². The standard InChI is InChI=1S/C18H27N/c1-12-7-6-8-14-16(12)19-15-11-17(2,3)10-9-13(15)18(14,4)5/h6-8,13,15,19H,9-11H2,1-5H3/t13-,15?/m1/s1. The van der Waals surface area contributed by atoms with E-state index in [0.29, 0.717) is 16.9 Å². The molecule has 2 atom stereocenters. The van der Waals surface area contributed by atoms with Crippen LogP contribution < -0.4 is 5.32 Å². The lowest BCUT2D eigenvalue weighted by molar-refractivity contribution is 0.119. The molecule has 0 spiro atoms. The van der Waals surface area contributed by atoms with Crippen LogP contribution in [-0.2, 0) is 5.41 Å². The first-order valence-corrected chi connectivity index (χ1v) is 7.68. The summed E-state index contributed by atoms with van der Waals surface area (Å²) in [5.74, 6) is 0.773. The molecule has 1 nitrogen and oxygen atoms in total. The Bertz CT molecular complexity index is 498. The zero-order valence-electron chi connectivity index (χ0n) is 13.0. The van der Waals surface area contributed by atoms with Crippen LogP contribution in [0, 0.1) is 18.3 Å². The van der Waals surface area contributed by atoms with E-state index in [9.17, 15) is 0 Å². The van der Waals surface area contributed by atoms with Gasteiger partial charge < -0.3 is 5.32 Å². The van der Waals surface area contributed by atoms with E-state index in [1.807, 2.05) is 0 Å². The second-order valence-corrected chi connectivity index (χ2v) is 7.98. The number of rotatable bonds is 0. The van der Waals surface area contributed by atoms with E-state index in [1.165, 1.54) is 36.1 Å². The summed E-state index contributed by atoms with van der Waals surface area (Å²) in [4.78, 5) is 0. The van der Waals surface area contributed by atoms with E-state index >= 15 is 0 Å². The summed E-state index contributed by atoms with van der Waals surface area (Å²) in [5, 5.41) is 3.88. The Balaban J connectivity index is 2.06. The number of fused-ring (bicyclic) bond motifs is 2. The molecule has 0 saturated heterocycles. The van der Waals surface area contributed by atoms with Crippen molar-refractivity contribution in [2.24, 2.45) is 11.3 Å². The second kappa shape index (κ2) is 4.01. The fourth-order valence-electron chi connectivity index (χ4n) is 4.38. The van der Waals surface area contributed by atoms with Crippen LogP contribution in [0.25, 0.3) is 0 Å². The van der Waals surface area contributed by atoms with E-state index in [-0.39, 0.29) is 0 Å². The van der Waals surface area contributed by atoms with E-state index in [2.05, 4.69) is 58.1 Å². The molecule has 3 rings (SSSR count). The van der Waals surface area contributed by atoms with Crippen molar-refractivity contribution in [1.82, 2.24) is 0 Å². The van der Waals surface area contributed by atoms with Crippen LogP contribution in [-0.4, -0.2) is 6.04 Å². The summed E-state index contributed by atoms with van der Waals surface area (Å²) in [7, 11) is 0. The Morgan fingerprint density at radius 2 is 1.89 bits per heavy atom. The number of para-hydroxylation sites is 1. The molecule has 1 aliphatic carbocycles. The Kier molecular flexibility index (Phi) is 2.75. The second-order valence-electron chi connectivity index (χ2n) is 7.98. The fraction of sp³-hybridized carbons (Fsp3) is 0.667. The molecule has 19 heavy (non-hydrogen) atoms. The van der Waals surface area contributed by atoms with E-state index < -0.39 is 0 Å². The van der Waals surface area contributed by atoms with Gasteiger partial charge in [0.25, 0.3) is 0 Å². The molecular weight excluding hydrogens is 230 g/mol. The van der Waals surface area contributed by atoms with Crippen molar-refractivity contribution in [3.8, 4) is 0 Å². The maximum Gasteiger partial charge on any atom is 0.0410 e. The highest BCUT2D eigenvalue weighted by molar-refractivity contribution is 5.63. The summed E-state index contributed by atoms with van der Waals surface area (Å²) in [6.07, 6.45) is 4.01. The topological polar surface area (TPSA) is 12.0 Å². The smallest absolute Gasteiger partial charge is 0.0410 e. The van der Waals surface area contributed by atoms with Crippen molar-refractivity contribution in [1.29, 1.82) is 0 Å². The molecule has 1 N–H and O–H groups in total. The summed E-state index contributed by atoms with van der Waals surface area (Å²) >= 11 is 0. The molecule has 1 saturated carbocycles. The predicted molar refractivity (Wildman–Crippen MR) is 82.7 cm³/mol. The van der Waals surface area contributed by atoms with Crippen LogP contribution in [0.5, 0.6) is 0 Å². The summed E-state index contributed by atoms with van der Waals surface area (Å²) < 4.78 is 0. The lowest BCUT2D eigenvalue weighted by Crippen LogP contribution is -2.50. The van der Waals surface area contributed by atoms with Crippen molar-refractivity contribution >= 4 is 5.69 Å². The van der Waals surface area contributed by atoms with Gasteiger partial charge in [-0.3, -0.25) is 0 Å². The van der Waals surface area contributed by atoms with Gasteiger partial charge >= 0.3 is 0 Å². The van der Waals surface area contributed by atoms with Gasteiger partial charge in [-0.25, -0.2) is 0 Å². The van der Waals surface area contributed by atoms with Crippen LogP contribution >= 0.6 is 0 Å². The lowest BCUT2D eigenvalue weighted by atomic mass is 9.58. The highest BCUT2D eigenvalue weighted by Crippen LogP contribution is 2.52. The molecule has 1 aliphatic heterocycles. The minimum Gasteiger partial charge on any atom is -0.382 e. The zero-order chi connectivity index (χ0) is 13.8. The van der Waals surface area contributed by atoms with Gasteiger partial charge in [0.15, 0.2) is 0 Å². The Labute approximate surface area is 117 Å². The van der Waals surface area contributed by atoms with Crippen LogP contribution in [0.3, 0.4) is 0 Å². The van der Waals surface area contributed by atoms with Gasteiger partial charge in [-0.05, 0) is 54.1 Å². The largest absolute Gasteiger partial charge is 0.382 e. The number of hydrogen-bond donors (Lipinski definition) is 1. The van der Waals surface area contributed by atoms with E-state index in [0.717, 1.165) is 5.92 Å². The van der Waals surface area contributed by atoms with Gasteiger partial charge in [-0.15, -0.1) is 0 Å². The number of anilines is 1. The first kappa shape index (κ1) is 13.0. The highest BCUT2D eigenvalue weighted by Gasteiger charge is 2.46. The van der Waals surface area contributed by atoms with Crippen LogP contribution in [0.1, 0.15) is 58.1 Å². The van der Waals surface area contributed by atoms with Crippen LogP contribution in [0.4, 0.5) is 5.69 Å². The minimum atomic E-state index is 0.299. The van der Waals surface area contributed by atoms with E-state index in [4.69, 9.17) is 0 Å². The maximum atomic E-state index is 3.88. The van der Waals surface area contributed by atoms with Crippen molar-refractivity contribution in [2.75, 3.05) is 5.32 Å². The SMILES string of the molecule is Cc1cccc2c1NC1CC(C)(C)CC[C@H]1C2(C)C. The van der Waals surface area contributed by atoms with Crippen molar-refractivity contribution in [3.05, 3.63) is 29.3 Å². The first-order chi connectivity index (χ1) is 8.81. The molecule has 104 valence electrons. The minimum absolute atomic E-state index is 0.299. The average molecular weight is 257 g/mol. The molecule has 1 heteroatoms. The normalized spacial score (nSPS) is 31.0. The first-order valence-electron chi connectivity index (χ1n) is 7.68. The fourth-order valence-corrected chi connectivity index (χ4v) is 4.38. The third kappa shape index (κ3) is 1.98. The molecule has 1 aromatic carbocycles. The maximum absolute atomic E-state index is 3.88. The van der Waals surface area contributed by atoms with Crippen molar-refractivity contribution in [2.45, 2.75) is 65.3 Å². The number of hydrogen-bond acceptors (Lipinski definition) is 1. The molecule has 1 fully saturated rings. The summed E-state index contributed by atoms with van der Waals surface area (Å²) in [5.41, 5.74) is 5.12. The Morgan fingerprint density at radius 1 is 1.16 bits per heavy atom. The summed E-state index contributed by atoms with van der Waals surface area (Å²) in [6.45, 7) is 12.0. The molecule has 1 aromatic rings. The highest BCUT2D eigenvalue weighted by atomic mass is 15.0. The summed E-state index contributed by atoms with van der Waals surface area (Å²) in [6, 6.07) is 7.42. The van der Waals surface area contributed by atoms with Gasteiger partial charge in [0, 0.05) is 11.7 Å². The van der Waals surface area contributed by atoms with Crippen molar-refractivity contribution < 1.29 is 0 Å². The number of benzene rings is 1. The van der Waals surface area contributed by atoms with E-state index in [1.54, 1.807) is 0 Å². The Hall–Kier alpha value is -0.980. The molecule has 0 aromatic heterocycles. The Morgan fingerprint density at radius 3 is 2.63 bits per heavy atom. The van der Waals surface area contributed by atoms with Gasteiger partial charge in [0.05, 0.1) is 0 Å². The number of aryl methyl sites for hydroxylation is 1. The molecular formula is C18H27N. The van der Waals surface area contributed by atoms with Crippen molar-refractivity contribution in [3.63, 3.8) is 0 Å². The van der Waals surface area contributed by atoms with Crippen LogP contribution in [0.15, 0.2) is 18.2 Å².